The first-order valence-electron chi connectivity index (χ1n) is 6.93. The van der Waals surface area contributed by atoms with Crippen molar-refractivity contribution in [1.29, 1.82) is 0 Å². The van der Waals surface area contributed by atoms with Crippen LogP contribution in [0.1, 0.15) is 26.3 Å². The highest BCUT2D eigenvalue weighted by Crippen LogP contribution is 2.22. The van der Waals surface area contributed by atoms with Gasteiger partial charge in [0.05, 0.1) is 0 Å². The number of alkyl halides is 3. The Labute approximate surface area is 119 Å². The lowest BCUT2D eigenvalue weighted by atomic mass is 10.1. The molecule has 20 heavy (non-hydrogen) atoms. The maximum atomic E-state index is 12.4. The van der Waals surface area contributed by atoms with Gasteiger partial charge in [0, 0.05) is 18.8 Å². The average molecular weight is 288 g/mol. The fraction of sp³-hybridized carbons (Fsp3) is 0.600. The minimum Gasteiger partial charge on any atom is -0.363 e. The number of halogens is 3. The molecule has 0 aliphatic rings. The summed E-state index contributed by atoms with van der Waals surface area (Å²) < 4.78 is 37.3. The topological polar surface area (TPSA) is 15.3 Å². The molecular formula is C15H23F3N2. The Morgan fingerprint density at radius 3 is 2.20 bits per heavy atom. The van der Waals surface area contributed by atoms with Crippen LogP contribution in [0.2, 0.25) is 0 Å². The van der Waals surface area contributed by atoms with Crippen molar-refractivity contribution in [2.24, 2.45) is 5.92 Å². The summed E-state index contributed by atoms with van der Waals surface area (Å²) in [5, 5.41) is 3.31. The number of nitrogens with zero attached hydrogens (tertiary/aromatic N) is 1. The van der Waals surface area contributed by atoms with Gasteiger partial charge in [-0.15, -0.1) is 0 Å². The third-order valence-electron chi connectivity index (χ3n) is 2.94. The lowest BCUT2D eigenvalue weighted by Crippen LogP contribution is -2.34. The van der Waals surface area contributed by atoms with Crippen molar-refractivity contribution in [2.75, 3.05) is 24.5 Å². The van der Waals surface area contributed by atoms with Gasteiger partial charge < -0.3 is 10.2 Å². The van der Waals surface area contributed by atoms with Crippen LogP contribution in [0, 0.1) is 5.92 Å². The summed E-state index contributed by atoms with van der Waals surface area (Å²) in [5.74, 6) is 0.580. The third kappa shape index (κ3) is 6.28. The Kier molecular flexibility index (Phi) is 6.33. The van der Waals surface area contributed by atoms with Gasteiger partial charge >= 0.3 is 6.18 Å². The largest absolute Gasteiger partial charge is 0.405 e. The zero-order valence-corrected chi connectivity index (χ0v) is 12.3. The van der Waals surface area contributed by atoms with Gasteiger partial charge in [-0.25, -0.2) is 0 Å². The second kappa shape index (κ2) is 7.53. The molecule has 0 unspecified atom stereocenters. The Morgan fingerprint density at radius 2 is 1.75 bits per heavy atom. The van der Waals surface area contributed by atoms with Crippen molar-refractivity contribution in [3.63, 3.8) is 0 Å². The highest BCUT2D eigenvalue weighted by atomic mass is 19.4. The van der Waals surface area contributed by atoms with Gasteiger partial charge in [-0.2, -0.15) is 13.2 Å². The van der Waals surface area contributed by atoms with Crippen molar-refractivity contribution in [3.05, 3.63) is 29.8 Å². The third-order valence-corrected chi connectivity index (χ3v) is 2.94. The summed E-state index contributed by atoms with van der Waals surface area (Å²) in [6.07, 6.45) is -4.17. The SMILES string of the molecule is CCN(CC(F)(F)F)c1ccc(CNCC(C)C)cc1. The maximum absolute atomic E-state index is 12.4. The fourth-order valence-electron chi connectivity index (χ4n) is 1.93. The zero-order chi connectivity index (χ0) is 15.2. The standard InChI is InChI=1S/C15H23F3N2/c1-4-20(11-15(16,17)18)14-7-5-13(6-8-14)10-19-9-12(2)3/h5-8,12,19H,4,9-11H2,1-3H3. The summed E-state index contributed by atoms with van der Waals surface area (Å²) >= 11 is 0. The summed E-state index contributed by atoms with van der Waals surface area (Å²) in [6, 6.07) is 7.26. The molecule has 0 saturated heterocycles. The van der Waals surface area contributed by atoms with Gasteiger partial charge in [-0.05, 0) is 37.1 Å². The van der Waals surface area contributed by atoms with Crippen LogP contribution in [-0.2, 0) is 6.54 Å². The number of anilines is 1. The number of hydrogen-bond donors (Lipinski definition) is 1. The molecule has 0 bridgehead atoms. The Balaban J connectivity index is 2.60. The molecule has 0 spiro atoms. The first kappa shape index (κ1) is 16.8. The van der Waals surface area contributed by atoms with Crippen LogP contribution in [0.15, 0.2) is 24.3 Å². The lowest BCUT2D eigenvalue weighted by Gasteiger charge is -2.24. The van der Waals surface area contributed by atoms with Crippen molar-refractivity contribution in [3.8, 4) is 0 Å². The normalized spacial score (nSPS) is 11.9. The van der Waals surface area contributed by atoms with Gasteiger partial charge in [0.1, 0.15) is 6.54 Å². The molecule has 0 aromatic heterocycles. The summed E-state index contributed by atoms with van der Waals surface area (Å²) in [5.41, 5.74) is 1.69. The molecular weight excluding hydrogens is 265 g/mol. The fourth-order valence-corrected chi connectivity index (χ4v) is 1.93. The molecule has 0 atom stereocenters. The number of nitrogens with one attached hydrogen (secondary N) is 1. The molecule has 0 amide bonds. The van der Waals surface area contributed by atoms with E-state index in [-0.39, 0.29) is 0 Å². The van der Waals surface area contributed by atoms with Crippen LogP contribution in [0.4, 0.5) is 18.9 Å². The smallest absolute Gasteiger partial charge is 0.363 e. The summed E-state index contributed by atoms with van der Waals surface area (Å²) in [6.45, 7) is 7.09. The molecule has 0 fully saturated rings. The first-order valence-corrected chi connectivity index (χ1v) is 6.93. The van der Waals surface area contributed by atoms with E-state index in [4.69, 9.17) is 0 Å². The Hall–Kier alpha value is -1.23. The summed E-state index contributed by atoms with van der Waals surface area (Å²) in [4.78, 5) is 1.32. The number of rotatable bonds is 7. The molecule has 0 saturated carbocycles. The van der Waals surface area contributed by atoms with E-state index in [2.05, 4.69) is 19.2 Å². The van der Waals surface area contributed by atoms with E-state index in [1.165, 1.54) is 4.90 Å². The molecule has 0 heterocycles. The van der Waals surface area contributed by atoms with Gasteiger partial charge in [0.15, 0.2) is 0 Å². The molecule has 1 aromatic carbocycles. The van der Waals surface area contributed by atoms with E-state index < -0.39 is 12.7 Å². The predicted octanol–water partition coefficient (Wildman–Crippen LogP) is 3.82. The zero-order valence-electron chi connectivity index (χ0n) is 12.3. The number of hydrogen-bond acceptors (Lipinski definition) is 2. The molecule has 0 aliphatic heterocycles. The Morgan fingerprint density at radius 1 is 1.15 bits per heavy atom. The van der Waals surface area contributed by atoms with Gasteiger partial charge in [-0.1, -0.05) is 26.0 Å². The van der Waals surface area contributed by atoms with Crippen molar-refractivity contribution < 1.29 is 13.2 Å². The molecule has 1 N–H and O–H groups in total. The second-order valence-electron chi connectivity index (χ2n) is 5.32. The average Bonchev–Trinajstić information content (AvgIpc) is 2.35. The first-order chi connectivity index (χ1) is 9.31. The molecule has 1 aromatic rings. The van der Waals surface area contributed by atoms with E-state index in [0.717, 1.165) is 18.7 Å². The maximum Gasteiger partial charge on any atom is 0.405 e. The van der Waals surface area contributed by atoms with Crippen LogP contribution in [0.3, 0.4) is 0 Å². The van der Waals surface area contributed by atoms with E-state index in [1.54, 1.807) is 19.1 Å². The van der Waals surface area contributed by atoms with Crippen LogP contribution < -0.4 is 10.2 Å². The van der Waals surface area contributed by atoms with Gasteiger partial charge in [0.2, 0.25) is 0 Å². The summed E-state index contributed by atoms with van der Waals surface area (Å²) in [7, 11) is 0. The lowest BCUT2D eigenvalue weighted by molar-refractivity contribution is -0.119. The van der Waals surface area contributed by atoms with E-state index >= 15 is 0 Å². The van der Waals surface area contributed by atoms with E-state index in [1.807, 2.05) is 12.1 Å². The van der Waals surface area contributed by atoms with Crippen LogP contribution in [0.5, 0.6) is 0 Å². The molecule has 2 nitrogen and oxygen atoms in total. The molecule has 0 radical (unpaired) electrons. The van der Waals surface area contributed by atoms with Crippen molar-refractivity contribution in [1.82, 2.24) is 5.32 Å². The van der Waals surface area contributed by atoms with Gasteiger partial charge in [-0.3, -0.25) is 0 Å². The highest BCUT2D eigenvalue weighted by Gasteiger charge is 2.30. The van der Waals surface area contributed by atoms with Crippen molar-refractivity contribution in [2.45, 2.75) is 33.5 Å². The molecule has 0 aliphatic carbocycles. The minimum absolute atomic E-state index is 0.338. The Bertz CT molecular complexity index is 385. The van der Waals surface area contributed by atoms with Crippen LogP contribution >= 0.6 is 0 Å². The monoisotopic (exact) mass is 288 g/mol. The predicted molar refractivity (Wildman–Crippen MR) is 76.9 cm³/mol. The quantitative estimate of drug-likeness (QED) is 0.820. The van der Waals surface area contributed by atoms with Crippen molar-refractivity contribution >= 4 is 5.69 Å². The minimum atomic E-state index is -4.17. The van der Waals surface area contributed by atoms with E-state index in [9.17, 15) is 13.2 Å². The number of benzene rings is 1. The van der Waals surface area contributed by atoms with Crippen LogP contribution in [0.25, 0.3) is 0 Å². The molecule has 1 rings (SSSR count). The molecule has 5 heteroatoms. The highest BCUT2D eigenvalue weighted by molar-refractivity contribution is 5.47. The molecule has 114 valence electrons. The van der Waals surface area contributed by atoms with Gasteiger partial charge in [0.25, 0.3) is 0 Å². The second-order valence-corrected chi connectivity index (χ2v) is 5.32. The van der Waals surface area contributed by atoms with Crippen LogP contribution in [-0.4, -0.2) is 25.8 Å². The van der Waals surface area contributed by atoms with E-state index in [0.29, 0.717) is 18.2 Å².